The summed E-state index contributed by atoms with van der Waals surface area (Å²) in [6, 6.07) is 6.08. The average molecular weight is 357 g/mol. The second-order valence-electron chi connectivity index (χ2n) is 4.54. The fourth-order valence-electron chi connectivity index (χ4n) is 1.87. The summed E-state index contributed by atoms with van der Waals surface area (Å²) in [4.78, 5) is 4.35. The highest BCUT2D eigenvalue weighted by molar-refractivity contribution is 9.10. The van der Waals surface area contributed by atoms with Crippen molar-refractivity contribution in [3.05, 3.63) is 57.3 Å². The Morgan fingerprint density at radius 2 is 2.00 bits per heavy atom. The Labute approximate surface area is 130 Å². The molecule has 1 aromatic heterocycles. The molecule has 1 aromatic carbocycles. The van der Waals surface area contributed by atoms with E-state index in [1.807, 2.05) is 6.92 Å². The lowest BCUT2D eigenvalue weighted by atomic mass is 10.2. The van der Waals surface area contributed by atoms with Crippen LogP contribution >= 0.6 is 15.9 Å². The Bertz CT molecular complexity index is 650. The molecule has 0 spiro atoms. The number of hydrogen-bond acceptors (Lipinski definition) is 3. The number of rotatable bonds is 5. The van der Waals surface area contributed by atoms with Gasteiger partial charge in [0.1, 0.15) is 24.0 Å². The minimum atomic E-state index is -0.648. The van der Waals surface area contributed by atoms with Crippen LogP contribution in [0.3, 0.4) is 0 Å². The van der Waals surface area contributed by atoms with Crippen LogP contribution in [0.4, 0.5) is 8.78 Å². The molecule has 0 saturated heterocycles. The van der Waals surface area contributed by atoms with Gasteiger partial charge in [0.2, 0.25) is 0 Å². The van der Waals surface area contributed by atoms with Gasteiger partial charge in [-0.05, 0) is 54.2 Å². The van der Waals surface area contributed by atoms with E-state index in [0.29, 0.717) is 18.0 Å². The molecule has 2 rings (SSSR count). The molecule has 0 unspecified atom stereocenters. The topological polar surface area (TPSA) is 34.2 Å². The number of benzene rings is 1. The number of aryl methyl sites for hydroxylation is 1. The van der Waals surface area contributed by atoms with Crippen molar-refractivity contribution < 1.29 is 13.5 Å². The Morgan fingerprint density at radius 1 is 1.24 bits per heavy atom. The summed E-state index contributed by atoms with van der Waals surface area (Å²) in [5, 5.41) is 2.98. The van der Waals surface area contributed by atoms with Crippen molar-refractivity contribution in [2.24, 2.45) is 0 Å². The van der Waals surface area contributed by atoms with E-state index in [0.717, 1.165) is 5.69 Å². The van der Waals surface area contributed by atoms with Crippen molar-refractivity contribution in [1.29, 1.82) is 0 Å². The van der Waals surface area contributed by atoms with Crippen LogP contribution in [0.15, 0.2) is 28.7 Å². The maximum absolute atomic E-state index is 13.9. The fraction of sp³-hybridized carbons (Fsp3) is 0.267. The minimum Gasteiger partial charge on any atom is -0.487 e. The molecular formula is C15H15BrF2N2O. The van der Waals surface area contributed by atoms with Gasteiger partial charge in [0.25, 0.3) is 0 Å². The number of nitrogens with zero attached hydrogens (tertiary/aromatic N) is 1. The number of nitrogens with one attached hydrogen (secondary N) is 1. The highest BCUT2D eigenvalue weighted by Crippen LogP contribution is 2.24. The van der Waals surface area contributed by atoms with E-state index in [-0.39, 0.29) is 16.6 Å². The molecule has 0 fully saturated rings. The first-order valence-corrected chi connectivity index (χ1v) is 7.18. The number of aromatic nitrogens is 1. The van der Waals surface area contributed by atoms with Crippen molar-refractivity contribution in [3.63, 3.8) is 0 Å². The summed E-state index contributed by atoms with van der Waals surface area (Å²) in [7, 11) is 1.79. The van der Waals surface area contributed by atoms with Gasteiger partial charge in [-0.3, -0.25) is 4.98 Å². The van der Waals surface area contributed by atoms with Crippen molar-refractivity contribution >= 4 is 15.9 Å². The van der Waals surface area contributed by atoms with Crippen LogP contribution in [-0.2, 0) is 13.2 Å². The third-order valence-corrected chi connectivity index (χ3v) is 3.54. The van der Waals surface area contributed by atoms with E-state index >= 15 is 0 Å². The molecule has 1 N–H and O–H groups in total. The van der Waals surface area contributed by atoms with Gasteiger partial charge in [0.15, 0.2) is 0 Å². The highest BCUT2D eigenvalue weighted by atomic mass is 79.9. The third kappa shape index (κ3) is 3.77. The van der Waals surface area contributed by atoms with Gasteiger partial charge in [0.05, 0.1) is 15.7 Å². The molecule has 0 amide bonds. The van der Waals surface area contributed by atoms with E-state index in [9.17, 15) is 8.78 Å². The molecule has 112 valence electrons. The molecule has 0 aliphatic carbocycles. The van der Waals surface area contributed by atoms with Crippen LogP contribution in [0.1, 0.15) is 17.0 Å². The van der Waals surface area contributed by atoms with Gasteiger partial charge in [-0.2, -0.15) is 0 Å². The number of pyridine rings is 1. The van der Waals surface area contributed by atoms with E-state index < -0.39 is 11.6 Å². The van der Waals surface area contributed by atoms with Crippen molar-refractivity contribution in [3.8, 4) is 5.75 Å². The number of halogens is 3. The SMILES string of the molecule is CNCc1nc(C)ccc1OCc1c(F)ccc(Br)c1F. The maximum Gasteiger partial charge on any atom is 0.146 e. The van der Waals surface area contributed by atoms with E-state index in [2.05, 4.69) is 26.2 Å². The van der Waals surface area contributed by atoms with Gasteiger partial charge < -0.3 is 10.1 Å². The predicted octanol–water partition coefficient (Wildman–Crippen LogP) is 3.73. The molecule has 0 atom stereocenters. The number of hydrogen-bond donors (Lipinski definition) is 1. The van der Waals surface area contributed by atoms with Gasteiger partial charge in [-0.15, -0.1) is 0 Å². The lowest BCUT2D eigenvalue weighted by molar-refractivity contribution is 0.287. The molecule has 6 heteroatoms. The molecule has 21 heavy (non-hydrogen) atoms. The molecule has 2 aromatic rings. The lowest BCUT2D eigenvalue weighted by Crippen LogP contribution is -2.11. The predicted molar refractivity (Wildman–Crippen MR) is 80.1 cm³/mol. The highest BCUT2D eigenvalue weighted by Gasteiger charge is 2.14. The maximum atomic E-state index is 13.9. The van der Waals surface area contributed by atoms with Crippen molar-refractivity contribution in [2.45, 2.75) is 20.1 Å². The first-order chi connectivity index (χ1) is 10.0. The van der Waals surface area contributed by atoms with E-state index in [1.165, 1.54) is 12.1 Å². The monoisotopic (exact) mass is 356 g/mol. The Balaban J connectivity index is 2.23. The van der Waals surface area contributed by atoms with Crippen LogP contribution in [0.25, 0.3) is 0 Å². The van der Waals surface area contributed by atoms with Gasteiger partial charge in [-0.1, -0.05) is 0 Å². The number of ether oxygens (including phenoxy) is 1. The van der Waals surface area contributed by atoms with E-state index in [1.54, 1.807) is 19.2 Å². The Morgan fingerprint density at radius 3 is 2.71 bits per heavy atom. The molecule has 0 bridgehead atoms. The second-order valence-corrected chi connectivity index (χ2v) is 5.39. The first-order valence-electron chi connectivity index (χ1n) is 6.39. The van der Waals surface area contributed by atoms with Crippen LogP contribution in [0, 0.1) is 18.6 Å². The van der Waals surface area contributed by atoms with Crippen molar-refractivity contribution in [1.82, 2.24) is 10.3 Å². The summed E-state index contributed by atoms with van der Waals surface area (Å²) in [5.74, 6) is -0.773. The normalized spacial score (nSPS) is 10.7. The van der Waals surface area contributed by atoms with Gasteiger partial charge in [-0.25, -0.2) is 8.78 Å². The second kappa shape index (κ2) is 6.95. The molecule has 0 aliphatic heterocycles. The zero-order valence-corrected chi connectivity index (χ0v) is 13.3. The molecule has 3 nitrogen and oxygen atoms in total. The first kappa shape index (κ1) is 15.9. The summed E-state index contributed by atoms with van der Waals surface area (Å²) in [6.45, 7) is 2.19. The summed E-state index contributed by atoms with van der Waals surface area (Å²) in [5.41, 5.74) is 1.45. The van der Waals surface area contributed by atoms with Crippen LogP contribution < -0.4 is 10.1 Å². The zero-order valence-electron chi connectivity index (χ0n) is 11.7. The van der Waals surface area contributed by atoms with Crippen molar-refractivity contribution in [2.75, 3.05) is 7.05 Å². The van der Waals surface area contributed by atoms with Crippen LogP contribution in [0.5, 0.6) is 5.75 Å². The molecule has 1 heterocycles. The zero-order chi connectivity index (χ0) is 15.4. The molecule has 0 radical (unpaired) electrons. The average Bonchev–Trinajstić information content (AvgIpc) is 2.45. The molecular weight excluding hydrogens is 342 g/mol. The van der Waals surface area contributed by atoms with Crippen LogP contribution in [0.2, 0.25) is 0 Å². The molecule has 0 aliphatic rings. The summed E-state index contributed by atoms with van der Waals surface area (Å²) in [6.07, 6.45) is 0. The standard InChI is InChI=1S/C15H15BrF2N2O/c1-9-3-6-14(13(20-9)7-19-2)21-8-10-12(17)5-4-11(16)15(10)18/h3-6,19H,7-8H2,1-2H3. The van der Waals surface area contributed by atoms with E-state index in [4.69, 9.17) is 4.74 Å². The Kier molecular flexibility index (Phi) is 5.25. The van der Waals surface area contributed by atoms with Gasteiger partial charge in [0, 0.05) is 12.2 Å². The summed E-state index contributed by atoms with van der Waals surface area (Å²) < 4.78 is 33.3. The molecule has 0 saturated carbocycles. The van der Waals surface area contributed by atoms with Crippen LogP contribution in [-0.4, -0.2) is 12.0 Å². The summed E-state index contributed by atoms with van der Waals surface area (Å²) >= 11 is 3.04. The lowest BCUT2D eigenvalue weighted by Gasteiger charge is -2.12. The third-order valence-electron chi connectivity index (χ3n) is 2.93. The largest absolute Gasteiger partial charge is 0.487 e. The quantitative estimate of drug-likeness (QED) is 0.828. The fourth-order valence-corrected chi connectivity index (χ4v) is 2.25. The smallest absolute Gasteiger partial charge is 0.146 e. The Hall–Kier alpha value is -1.53. The van der Waals surface area contributed by atoms with Gasteiger partial charge >= 0.3 is 0 Å². The minimum absolute atomic E-state index is 0.111.